The van der Waals surface area contributed by atoms with E-state index >= 15 is 0 Å². The molecule has 23 heavy (non-hydrogen) atoms. The van der Waals surface area contributed by atoms with Crippen molar-refractivity contribution in [2.24, 2.45) is 0 Å². The Kier molecular flexibility index (Phi) is 6.16. The van der Waals surface area contributed by atoms with E-state index in [1.165, 1.54) is 6.07 Å². The van der Waals surface area contributed by atoms with Crippen LogP contribution in [0.25, 0.3) is 11.3 Å². The Labute approximate surface area is 144 Å². The summed E-state index contributed by atoms with van der Waals surface area (Å²) in [6.45, 7) is 1.25. The summed E-state index contributed by atoms with van der Waals surface area (Å²) in [6.07, 6.45) is 1.76. The monoisotopic (exact) mass is 352 g/mol. The van der Waals surface area contributed by atoms with Crippen LogP contribution >= 0.6 is 24.0 Å². The third kappa shape index (κ3) is 4.55. The largest absolute Gasteiger partial charge is 0.460 e. The van der Waals surface area contributed by atoms with Crippen LogP contribution < -0.4 is 5.32 Å². The summed E-state index contributed by atoms with van der Waals surface area (Å²) in [6, 6.07) is 14.1. The molecule has 0 atom stereocenters. The van der Waals surface area contributed by atoms with Crippen molar-refractivity contribution in [3.05, 3.63) is 77.0 Å². The fraction of sp³-hybridized carbons (Fsp3) is 0.118. The van der Waals surface area contributed by atoms with Crippen molar-refractivity contribution >= 4 is 24.0 Å². The third-order valence-corrected chi connectivity index (χ3v) is 3.49. The molecular formula is C17H15Cl2FN2O. The molecule has 0 aliphatic rings. The maximum atomic E-state index is 13.2. The normalized spacial score (nSPS) is 10.3. The third-order valence-electron chi connectivity index (χ3n) is 3.20. The van der Waals surface area contributed by atoms with E-state index in [1.807, 2.05) is 30.3 Å². The van der Waals surface area contributed by atoms with Gasteiger partial charge >= 0.3 is 0 Å². The molecule has 6 heteroatoms. The molecule has 1 aromatic carbocycles. The predicted octanol–water partition coefficient (Wildman–Crippen LogP) is 4.85. The Morgan fingerprint density at radius 3 is 2.70 bits per heavy atom. The summed E-state index contributed by atoms with van der Waals surface area (Å²) >= 11 is 5.79. The van der Waals surface area contributed by atoms with Gasteiger partial charge < -0.3 is 9.73 Å². The van der Waals surface area contributed by atoms with Crippen molar-refractivity contribution in [1.29, 1.82) is 0 Å². The number of hydrogen-bond donors (Lipinski definition) is 1. The summed E-state index contributed by atoms with van der Waals surface area (Å²) < 4.78 is 18.9. The smallest absolute Gasteiger partial charge is 0.141 e. The molecule has 0 radical (unpaired) electrons. The van der Waals surface area contributed by atoms with Crippen molar-refractivity contribution < 1.29 is 8.81 Å². The van der Waals surface area contributed by atoms with Crippen molar-refractivity contribution in [3.63, 3.8) is 0 Å². The lowest BCUT2D eigenvalue weighted by atomic mass is 10.2. The zero-order valence-corrected chi connectivity index (χ0v) is 13.7. The van der Waals surface area contributed by atoms with E-state index in [2.05, 4.69) is 10.3 Å². The average molecular weight is 353 g/mol. The summed E-state index contributed by atoms with van der Waals surface area (Å²) in [7, 11) is 0. The van der Waals surface area contributed by atoms with Crippen LogP contribution in [0.2, 0.25) is 5.02 Å². The van der Waals surface area contributed by atoms with E-state index in [0.29, 0.717) is 18.8 Å². The molecule has 0 saturated carbocycles. The highest BCUT2D eigenvalue weighted by Gasteiger charge is 2.07. The molecular weight excluding hydrogens is 338 g/mol. The molecule has 0 aliphatic carbocycles. The summed E-state index contributed by atoms with van der Waals surface area (Å²) in [5, 5.41) is 3.35. The molecule has 0 spiro atoms. The lowest BCUT2D eigenvalue weighted by Gasteiger charge is -2.02. The van der Waals surface area contributed by atoms with Crippen LogP contribution in [0, 0.1) is 5.82 Å². The second-order valence-corrected chi connectivity index (χ2v) is 5.23. The fourth-order valence-electron chi connectivity index (χ4n) is 2.09. The Hall–Kier alpha value is -1.88. The Morgan fingerprint density at radius 1 is 1.09 bits per heavy atom. The Morgan fingerprint density at radius 2 is 1.96 bits per heavy atom. The van der Waals surface area contributed by atoms with Gasteiger partial charge in [-0.05, 0) is 42.5 Å². The van der Waals surface area contributed by atoms with Gasteiger partial charge in [-0.3, -0.25) is 4.98 Å². The molecule has 3 rings (SSSR count). The van der Waals surface area contributed by atoms with Gasteiger partial charge in [-0.15, -0.1) is 12.4 Å². The molecule has 0 fully saturated rings. The Balaban J connectivity index is 0.00000192. The minimum Gasteiger partial charge on any atom is -0.460 e. The minimum atomic E-state index is -0.436. The van der Waals surface area contributed by atoms with E-state index < -0.39 is 5.82 Å². The molecule has 0 unspecified atom stereocenters. The van der Waals surface area contributed by atoms with Crippen molar-refractivity contribution in [2.45, 2.75) is 13.1 Å². The summed E-state index contributed by atoms with van der Waals surface area (Å²) in [4.78, 5) is 4.24. The molecule has 0 aliphatic heterocycles. The van der Waals surface area contributed by atoms with Gasteiger partial charge in [0.15, 0.2) is 0 Å². The number of nitrogens with zero attached hydrogens (tertiary/aromatic N) is 1. The molecule has 0 bridgehead atoms. The molecule has 0 saturated heterocycles. The molecule has 2 heterocycles. The minimum absolute atomic E-state index is 0. The van der Waals surface area contributed by atoms with Crippen LogP contribution in [0.3, 0.4) is 0 Å². The fourth-order valence-corrected chi connectivity index (χ4v) is 2.27. The zero-order valence-electron chi connectivity index (χ0n) is 12.1. The second kappa shape index (κ2) is 8.11. The first kappa shape index (κ1) is 17.5. The topological polar surface area (TPSA) is 38.1 Å². The number of pyridine rings is 1. The highest BCUT2D eigenvalue weighted by atomic mass is 35.5. The van der Waals surface area contributed by atoms with Crippen LogP contribution in [0.4, 0.5) is 4.39 Å². The van der Waals surface area contributed by atoms with E-state index in [4.69, 9.17) is 16.0 Å². The van der Waals surface area contributed by atoms with Crippen LogP contribution in [0.5, 0.6) is 0 Å². The molecule has 0 amide bonds. The van der Waals surface area contributed by atoms with E-state index in [-0.39, 0.29) is 17.4 Å². The molecule has 3 aromatic rings. The van der Waals surface area contributed by atoms with Gasteiger partial charge in [0.05, 0.1) is 17.3 Å². The first-order chi connectivity index (χ1) is 10.7. The predicted molar refractivity (Wildman–Crippen MR) is 91.1 cm³/mol. The van der Waals surface area contributed by atoms with Crippen LogP contribution in [-0.2, 0) is 13.1 Å². The number of hydrogen-bond acceptors (Lipinski definition) is 3. The van der Waals surface area contributed by atoms with E-state index in [1.54, 1.807) is 18.3 Å². The van der Waals surface area contributed by atoms with Crippen molar-refractivity contribution in [1.82, 2.24) is 10.3 Å². The Bertz CT molecular complexity index is 762. The quantitative estimate of drug-likeness (QED) is 0.713. The summed E-state index contributed by atoms with van der Waals surface area (Å²) in [5.41, 5.74) is 1.72. The SMILES string of the molecule is Cl.Fc1ccc(-c2ccc(CNCc3ccccn3)o2)cc1Cl. The highest BCUT2D eigenvalue weighted by Crippen LogP contribution is 2.26. The second-order valence-electron chi connectivity index (χ2n) is 4.82. The maximum absolute atomic E-state index is 13.2. The first-order valence-electron chi connectivity index (χ1n) is 6.87. The average Bonchev–Trinajstić information content (AvgIpc) is 3.00. The first-order valence-corrected chi connectivity index (χ1v) is 7.25. The highest BCUT2D eigenvalue weighted by molar-refractivity contribution is 6.31. The van der Waals surface area contributed by atoms with Crippen LogP contribution in [-0.4, -0.2) is 4.98 Å². The van der Waals surface area contributed by atoms with Gasteiger partial charge in [-0.25, -0.2) is 4.39 Å². The van der Waals surface area contributed by atoms with Crippen molar-refractivity contribution in [3.8, 4) is 11.3 Å². The van der Waals surface area contributed by atoms with Crippen molar-refractivity contribution in [2.75, 3.05) is 0 Å². The molecule has 3 nitrogen and oxygen atoms in total. The molecule has 1 N–H and O–H groups in total. The number of benzene rings is 1. The van der Waals surface area contributed by atoms with Crippen LogP contribution in [0.1, 0.15) is 11.5 Å². The zero-order chi connectivity index (χ0) is 15.4. The number of furan rings is 1. The molecule has 120 valence electrons. The number of rotatable bonds is 5. The van der Waals surface area contributed by atoms with Gasteiger partial charge in [0, 0.05) is 18.3 Å². The van der Waals surface area contributed by atoms with Crippen LogP contribution in [0.15, 0.2) is 59.1 Å². The van der Waals surface area contributed by atoms with E-state index in [9.17, 15) is 4.39 Å². The lowest BCUT2D eigenvalue weighted by molar-refractivity contribution is 0.492. The van der Waals surface area contributed by atoms with Gasteiger partial charge in [-0.2, -0.15) is 0 Å². The lowest BCUT2D eigenvalue weighted by Crippen LogP contribution is -2.12. The van der Waals surface area contributed by atoms with Gasteiger partial charge in [0.1, 0.15) is 17.3 Å². The van der Waals surface area contributed by atoms with Gasteiger partial charge in [0.25, 0.3) is 0 Å². The standard InChI is InChI=1S/C17H14ClFN2O.ClH/c18-15-9-12(4-6-16(15)19)17-7-5-14(22-17)11-20-10-13-3-1-2-8-21-13;/h1-9,20H,10-11H2;1H. The summed E-state index contributed by atoms with van der Waals surface area (Å²) in [5.74, 6) is 1.03. The molecule has 2 aromatic heterocycles. The number of nitrogens with one attached hydrogen (secondary N) is 1. The van der Waals surface area contributed by atoms with E-state index in [0.717, 1.165) is 17.0 Å². The van der Waals surface area contributed by atoms with Gasteiger partial charge in [0.2, 0.25) is 0 Å². The number of aromatic nitrogens is 1. The maximum Gasteiger partial charge on any atom is 0.141 e. The number of halogens is 3. The van der Waals surface area contributed by atoms with Gasteiger partial charge in [-0.1, -0.05) is 17.7 Å².